The topological polar surface area (TPSA) is 61.5 Å². The molecule has 0 radical (unpaired) electrons. The zero-order valence-corrected chi connectivity index (χ0v) is 11.0. The van der Waals surface area contributed by atoms with Crippen LogP contribution in [0.2, 0.25) is 0 Å². The zero-order valence-electron chi connectivity index (χ0n) is 11.0. The van der Waals surface area contributed by atoms with Crippen molar-refractivity contribution in [1.29, 1.82) is 0 Å². The van der Waals surface area contributed by atoms with Crippen LogP contribution in [-0.4, -0.2) is 11.8 Å². The van der Waals surface area contributed by atoms with E-state index in [-0.39, 0.29) is 5.69 Å². The number of carbonyl (C=O) groups excluding carboxylic acids is 1. The normalized spacial score (nSPS) is 12.9. The number of ether oxygens (including phenoxy) is 2. The standard InChI is InChI=1S/C13H18FNO3/c1-8(17-12(16)18-13(2,3)4)9-5-6-11(15)10(14)7-9/h5-8H,15H2,1-4H3. The lowest BCUT2D eigenvalue weighted by molar-refractivity contribution is -0.0239. The van der Waals surface area contributed by atoms with E-state index >= 15 is 0 Å². The summed E-state index contributed by atoms with van der Waals surface area (Å²) < 4.78 is 23.3. The van der Waals surface area contributed by atoms with E-state index in [1.165, 1.54) is 12.1 Å². The SMILES string of the molecule is CC(OC(=O)OC(C)(C)C)c1ccc(N)c(F)c1. The molecule has 0 aromatic heterocycles. The maximum Gasteiger partial charge on any atom is 0.509 e. The van der Waals surface area contributed by atoms with Crippen molar-refractivity contribution in [3.05, 3.63) is 29.6 Å². The van der Waals surface area contributed by atoms with E-state index in [1.54, 1.807) is 33.8 Å². The van der Waals surface area contributed by atoms with Gasteiger partial charge in [-0.05, 0) is 45.4 Å². The molecule has 100 valence electrons. The number of carbonyl (C=O) groups is 1. The minimum Gasteiger partial charge on any atom is -0.429 e. The average molecular weight is 255 g/mol. The van der Waals surface area contributed by atoms with E-state index < -0.39 is 23.7 Å². The first-order valence-electron chi connectivity index (χ1n) is 5.63. The van der Waals surface area contributed by atoms with Crippen LogP contribution in [0.4, 0.5) is 14.9 Å². The molecule has 0 fully saturated rings. The minimum atomic E-state index is -0.785. The molecule has 1 atom stereocenters. The van der Waals surface area contributed by atoms with Gasteiger partial charge >= 0.3 is 6.16 Å². The number of hydrogen-bond acceptors (Lipinski definition) is 4. The fourth-order valence-corrected chi connectivity index (χ4v) is 1.28. The molecule has 1 aromatic carbocycles. The summed E-state index contributed by atoms with van der Waals surface area (Å²) in [6.07, 6.45) is -1.39. The molecule has 0 aliphatic rings. The second kappa shape index (κ2) is 5.25. The lowest BCUT2D eigenvalue weighted by atomic mass is 10.1. The lowest BCUT2D eigenvalue weighted by Crippen LogP contribution is -2.25. The fraction of sp³-hybridized carbons (Fsp3) is 0.462. The van der Waals surface area contributed by atoms with Crippen LogP contribution >= 0.6 is 0 Å². The van der Waals surface area contributed by atoms with Gasteiger partial charge in [0, 0.05) is 0 Å². The van der Waals surface area contributed by atoms with E-state index in [9.17, 15) is 9.18 Å². The van der Waals surface area contributed by atoms with Gasteiger partial charge in [0.15, 0.2) is 0 Å². The molecule has 0 aliphatic heterocycles. The molecule has 0 aliphatic carbocycles. The maximum absolute atomic E-state index is 13.3. The first kappa shape index (κ1) is 14.3. The van der Waals surface area contributed by atoms with Crippen molar-refractivity contribution < 1.29 is 18.7 Å². The number of anilines is 1. The van der Waals surface area contributed by atoms with Gasteiger partial charge in [0.2, 0.25) is 0 Å². The van der Waals surface area contributed by atoms with Crippen molar-refractivity contribution in [2.24, 2.45) is 0 Å². The largest absolute Gasteiger partial charge is 0.509 e. The molecule has 1 aromatic rings. The van der Waals surface area contributed by atoms with Crippen molar-refractivity contribution in [2.75, 3.05) is 5.73 Å². The monoisotopic (exact) mass is 255 g/mol. The van der Waals surface area contributed by atoms with Gasteiger partial charge in [0.1, 0.15) is 17.5 Å². The second-order valence-electron chi connectivity index (χ2n) is 5.01. The van der Waals surface area contributed by atoms with Crippen LogP contribution in [-0.2, 0) is 9.47 Å². The lowest BCUT2D eigenvalue weighted by Gasteiger charge is -2.21. The summed E-state index contributed by atoms with van der Waals surface area (Å²) in [6, 6.07) is 4.28. The van der Waals surface area contributed by atoms with Gasteiger partial charge in [-0.1, -0.05) is 6.07 Å². The molecule has 0 saturated carbocycles. The van der Waals surface area contributed by atoms with Crippen LogP contribution in [0.5, 0.6) is 0 Å². The van der Waals surface area contributed by atoms with Crippen LogP contribution in [0.25, 0.3) is 0 Å². The molecule has 0 bridgehead atoms. The molecule has 0 amide bonds. The van der Waals surface area contributed by atoms with E-state index in [4.69, 9.17) is 15.2 Å². The van der Waals surface area contributed by atoms with Gasteiger partial charge < -0.3 is 15.2 Å². The number of nitrogen functional groups attached to an aromatic ring is 1. The summed E-state index contributed by atoms with van der Waals surface area (Å²) >= 11 is 0. The average Bonchev–Trinajstić information content (AvgIpc) is 2.18. The predicted octanol–water partition coefficient (Wildman–Crippen LogP) is 3.42. The van der Waals surface area contributed by atoms with E-state index in [0.717, 1.165) is 0 Å². The van der Waals surface area contributed by atoms with Crippen molar-refractivity contribution in [3.8, 4) is 0 Å². The summed E-state index contributed by atoms with van der Waals surface area (Å²) in [5.74, 6) is -0.535. The van der Waals surface area contributed by atoms with Crippen LogP contribution in [0.15, 0.2) is 18.2 Å². The Morgan fingerprint density at radius 3 is 2.50 bits per heavy atom. The highest BCUT2D eigenvalue weighted by Gasteiger charge is 2.20. The van der Waals surface area contributed by atoms with Crippen LogP contribution < -0.4 is 5.73 Å². The van der Waals surface area contributed by atoms with Crippen molar-refractivity contribution in [1.82, 2.24) is 0 Å². The third-order valence-corrected chi connectivity index (χ3v) is 2.16. The smallest absolute Gasteiger partial charge is 0.429 e. The van der Waals surface area contributed by atoms with Gasteiger partial charge in [-0.2, -0.15) is 0 Å². The number of benzene rings is 1. The van der Waals surface area contributed by atoms with Gasteiger partial charge in [0.25, 0.3) is 0 Å². The van der Waals surface area contributed by atoms with Gasteiger partial charge in [0.05, 0.1) is 5.69 Å². The Balaban J connectivity index is 2.68. The van der Waals surface area contributed by atoms with Gasteiger partial charge in [-0.25, -0.2) is 9.18 Å². The predicted molar refractivity (Wildman–Crippen MR) is 66.5 cm³/mol. The summed E-state index contributed by atoms with van der Waals surface area (Å²) in [6.45, 7) is 6.85. The molecular formula is C13H18FNO3. The Morgan fingerprint density at radius 1 is 1.39 bits per heavy atom. The molecular weight excluding hydrogens is 237 g/mol. The van der Waals surface area contributed by atoms with Crippen molar-refractivity contribution >= 4 is 11.8 Å². The third-order valence-electron chi connectivity index (χ3n) is 2.16. The number of halogens is 1. The van der Waals surface area contributed by atoms with Crippen LogP contribution in [0.3, 0.4) is 0 Å². The van der Waals surface area contributed by atoms with E-state index in [1.807, 2.05) is 0 Å². The molecule has 0 saturated heterocycles. The summed E-state index contributed by atoms with van der Waals surface area (Å²) in [5.41, 5.74) is 5.32. The van der Waals surface area contributed by atoms with Crippen molar-refractivity contribution in [3.63, 3.8) is 0 Å². The second-order valence-corrected chi connectivity index (χ2v) is 5.01. The summed E-state index contributed by atoms with van der Waals surface area (Å²) in [5, 5.41) is 0. The summed E-state index contributed by atoms with van der Waals surface area (Å²) in [4.78, 5) is 11.4. The number of nitrogens with two attached hydrogens (primary N) is 1. The Kier molecular flexibility index (Phi) is 4.16. The molecule has 0 heterocycles. The Morgan fingerprint density at radius 2 is 2.00 bits per heavy atom. The zero-order chi connectivity index (χ0) is 13.9. The molecule has 5 heteroatoms. The van der Waals surface area contributed by atoms with Gasteiger partial charge in [-0.15, -0.1) is 0 Å². The Hall–Kier alpha value is -1.78. The minimum absolute atomic E-state index is 0.0585. The maximum atomic E-state index is 13.3. The molecule has 1 rings (SSSR count). The van der Waals surface area contributed by atoms with E-state index in [0.29, 0.717) is 5.56 Å². The highest BCUT2D eigenvalue weighted by molar-refractivity contribution is 5.61. The molecule has 0 spiro atoms. The Bertz CT molecular complexity index is 440. The van der Waals surface area contributed by atoms with Crippen molar-refractivity contribution in [2.45, 2.75) is 39.4 Å². The number of rotatable bonds is 2. The molecule has 18 heavy (non-hydrogen) atoms. The highest BCUT2D eigenvalue weighted by atomic mass is 19.1. The third kappa shape index (κ3) is 4.24. The summed E-state index contributed by atoms with van der Waals surface area (Å²) in [7, 11) is 0. The molecule has 2 N–H and O–H groups in total. The Labute approximate surface area is 106 Å². The van der Waals surface area contributed by atoms with E-state index in [2.05, 4.69) is 0 Å². The van der Waals surface area contributed by atoms with Crippen LogP contribution in [0.1, 0.15) is 39.4 Å². The quantitative estimate of drug-likeness (QED) is 0.649. The van der Waals surface area contributed by atoms with Gasteiger partial charge in [-0.3, -0.25) is 0 Å². The van der Waals surface area contributed by atoms with Crippen LogP contribution in [0, 0.1) is 5.82 Å². The first-order valence-corrected chi connectivity index (χ1v) is 5.63. The molecule has 4 nitrogen and oxygen atoms in total. The number of hydrogen-bond donors (Lipinski definition) is 1. The fourth-order valence-electron chi connectivity index (χ4n) is 1.28. The highest BCUT2D eigenvalue weighted by Crippen LogP contribution is 2.22. The molecule has 1 unspecified atom stereocenters. The first-order chi connectivity index (χ1) is 8.19.